The molecule has 0 aliphatic carbocycles. The number of ether oxygens (including phenoxy) is 1. The molecule has 1 aromatic carbocycles. The predicted molar refractivity (Wildman–Crippen MR) is 45.8 cm³/mol. The average molecular weight is 167 g/mol. The van der Waals surface area contributed by atoms with E-state index in [1.807, 2.05) is 6.07 Å². The minimum absolute atomic E-state index is 0.653. The van der Waals surface area contributed by atoms with Crippen LogP contribution in [-0.4, -0.2) is 0 Å². The van der Waals surface area contributed by atoms with Gasteiger partial charge in [-0.3, -0.25) is 0 Å². The lowest BCUT2D eigenvalue weighted by Gasteiger charge is -1.97. The van der Waals surface area contributed by atoms with E-state index < -0.39 is 0 Å². The molecule has 0 radical (unpaired) electrons. The molecule has 0 spiro atoms. The molecule has 0 heterocycles. The highest BCUT2D eigenvalue weighted by Gasteiger charge is 1.90. The van der Waals surface area contributed by atoms with Crippen LogP contribution in [0.4, 0.5) is 0 Å². The number of hydrogen-bond acceptors (Lipinski definition) is 1. The van der Waals surface area contributed by atoms with E-state index in [4.69, 9.17) is 16.3 Å². The zero-order chi connectivity index (χ0) is 8.10. The zero-order valence-electron chi connectivity index (χ0n) is 5.88. The van der Waals surface area contributed by atoms with E-state index in [0.717, 1.165) is 0 Å². The summed E-state index contributed by atoms with van der Waals surface area (Å²) in [5, 5.41) is 0.653. The predicted octanol–water partition coefficient (Wildman–Crippen LogP) is 3.02. The molecule has 1 nitrogen and oxygen atoms in total. The van der Waals surface area contributed by atoms with Crippen LogP contribution in [0.5, 0.6) is 5.75 Å². The van der Waals surface area contributed by atoms with E-state index in [2.05, 4.69) is 12.3 Å². The minimum Gasteiger partial charge on any atom is -0.457 e. The van der Waals surface area contributed by atoms with Crippen molar-refractivity contribution < 1.29 is 4.74 Å². The van der Waals surface area contributed by atoms with Crippen molar-refractivity contribution in [3.8, 4) is 5.75 Å². The Hall–Kier alpha value is -1.17. The lowest BCUT2D eigenvalue weighted by molar-refractivity contribution is 0.482. The largest absolute Gasteiger partial charge is 0.457 e. The molecule has 56 valence electrons. The molecule has 0 amide bonds. The molecular weight excluding hydrogens is 160 g/mol. The van der Waals surface area contributed by atoms with Crippen molar-refractivity contribution in [3.63, 3.8) is 0 Å². The van der Waals surface area contributed by atoms with Gasteiger partial charge in [0.1, 0.15) is 12.0 Å². The molecule has 0 atom stereocenters. The monoisotopic (exact) mass is 166 g/mol. The first-order valence-electron chi connectivity index (χ1n) is 3.09. The first kappa shape index (κ1) is 7.93. The lowest BCUT2D eigenvalue weighted by Crippen LogP contribution is -1.78. The Balaban J connectivity index is 2.79. The van der Waals surface area contributed by atoms with Gasteiger partial charge in [0.15, 0.2) is 0 Å². The topological polar surface area (TPSA) is 9.23 Å². The van der Waals surface area contributed by atoms with Gasteiger partial charge in [0.05, 0.1) is 0 Å². The molecule has 0 bridgehead atoms. The van der Waals surface area contributed by atoms with Crippen molar-refractivity contribution in [1.82, 2.24) is 0 Å². The second kappa shape index (κ2) is 3.87. The molecule has 0 unspecified atom stereocenters. The summed E-state index contributed by atoms with van der Waals surface area (Å²) in [5.74, 6) is 0.689. The summed E-state index contributed by atoms with van der Waals surface area (Å²) >= 11 is 5.69. The van der Waals surface area contributed by atoms with Crippen LogP contribution < -0.4 is 4.74 Å². The van der Waals surface area contributed by atoms with Gasteiger partial charge in [0.25, 0.3) is 0 Å². The van der Waals surface area contributed by atoms with Gasteiger partial charge in [-0.15, -0.1) is 0 Å². The Morgan fingerprint density at radius 1 is 1.55 bits per heavy atom. The third kappa shape index (κ3) is 2.50. The van der Waals surface area contributed by atoms with Gasteiger partial charge in [-0.1, -0.05) is 30.0 Å². The first-order chi connectivity index (χ1) is 5.33. The van der Waals surface area contributed by atoms with Gasteiger partial charge in [-0.2, -0.15) is 0 Å². The van der Waals surface area contributed by atoms with Gasteiger partial charge in [0.2, 0.25) is 0 Å². The van der Waals surface area contributed by atoms with E-state index >= 15 is 0 Å². The fourth-order valence-electron chi connectivity index (χ4n) is 0.650. The van der Waals surface area contributed by atoms with Crippen LogP contribution in [0, 0.1) is 0 Å². The number of halogens is 1. The summed E-state index contributed by atoms with van der Waals surface area (Å²) in [6, 6.07) is 7.12. The zero-order valence-corrected chi connectivity index (χ0v) is 6.64. The summed E-state index contributed by atoms with van der Waals surface area (Å²) in [5.41, 5.74) is 2.50. The molecule has 11 heavy (non-hydrogen) atoms. The third-order valence-electron chi connectivity index (χ3n) is 1.07. The van der Waals surface area contributed by atoms with Crippen molar-refractivity contribution in [1.29, 1.82) is 0 Å². The van der Waals surface area contributed by atoms with E-state index in [-0.39, 0.29) is 0 Å². The quantitative estimate of drug-likeness (QED) is 0.485. The lowest BCUT2D eigenvalue weighted by atomic mass is 10.3. The second-order valence-electron chi connectivity index (χ2n) is 1.90. The SMILES string of the molecule is C=C=COc1cccc(Cl)c1. The van der Waals surface area contributed by atoms with Crippen LogP contribution in [0.15, 0.2) is 42.8 Å². The van der Waals surface area contributed by atoms with Gasteiger partial charge in [0, 0.05) is 5.02 Å². The van der Waals surface area contributed by atoms with Gasteiger partial charge < -0.3 is 4.74 Å². The molecule has 0 saturated carbocycles. The second-order valence-corrected chi connectivity index (χ2v) is 2.33. The van der Waals surface area contributed by atoms with Crippen LogP contribution in [0.2, 0.25) is 5.02 Å². The van der Waals surface area contributed by atoms with Crippen LogP contribution in [0.25, 0.3) is 0 Å². The molecule has 0 aliphatic heterocycles. The Labute approximate surface area is 70.6 Å². The Bertz CT molecular complexity index is 287. The summed E-state index contributed by atoms with van der Waals surface area (Å²) < 4.78 is 5.05. The van der Waals surface area contributed by atoms with E-state index in [1.165, 1.54) is 6.26 Å². The van der Waals surface area contributed by atoms with Crippen molar-refractivity contribution in [2.45, 2.75) is 0 Å². The molecule has 1 rings (SSSR count). The molecule has 0 aromatic heterocycles. The molecule has 0 saturated heterocycles. The summed E-state index contributed by atoms with van der Waals surface area (Å²) in [7, 11) is 0. The normalized spacial score (nSPS) is 8.45. The third-order valence-corrected chi connectivity index (χ3v) is 1.31. The Kier molecular flexibility index (Phi) is 2.79. The molecular formula is C9H7ClO. The fraction of sp³-hybridized carbons (Fsp3) is 0. The average Bonchev–Trinajstić information content (AvgIpc) is 2.01. The smallest absolute Gasteiger partial charge is 0.133 e. The molecule has 1 aromatic rings. The van der Waals surface area contributed by atoms with Gasteiger partial charge in [-0.05, 0) is 18.2 Å². The van der Waals surface area contributed by atoms with Crippen LogP contribution in [0.1, 0.15) is 0 Å². The highest BCUT2D eigenvalue weighted by Crippen LogP contribution is 2.16. The van der Waals surface area contributed by atoms with Crippen molar-refractivity contribution in [2.24, 2.45) is 0 Å². The highest BCUT2D eigenvalue weighted by molar-refractivity contribution is 6.30. The number of benzene rings is 1. The first-order valence-corrected chi connectivity index (χ1v) is 3.47. The van der Waals surface area contributed by atoms with Crippen molar-refractivity contribution >= 4 is 11.6 Å². The van der Waals surface area contributed by atoms with E-state index in [1.54, 1.807) is 18.2 Å². The molecule has 0 fully saturated rings. The summed E-state index contributed by atoms with van der Waals surface area (Å²) in [6.07, 6.45) is 1.38. The Morgan fingerprint density at radius 3 is 3.00 bits per heavy atom. The molecule has 0 N–H and O–H groups in total. The standard InChI is InChI=1S/C9H7ClO/c1-2-6-11-9-5-3-4-8(10)7-9/h3-7H,1H2. The summed E-state index contributed by atoms with van der Waals surface area (Å²) in [4.78, 5) is 0. The number of rotatable bonds is 2. The van der Waals surface area contributed by atoms with Gasteiger partial charge in [-0.25, -0.2) is 0 Å². The summed E-state index contributed by atoms with van der Waals surface area (Å²) in [6.45, 7) is 3.36. The van der Waals surface area contributed by atoms with Crippen LogP contribution in [0.3, 0.4) is 0 Å². The highest BCUT2D eigenvalue weighted by atomic mass is 35.5. The van der Waals surface area contributed by atoms with Gasteiger partial charge >= 0.3 is 0 Å². The van der Waals surface area contributed by atoms with E-state index in [0.29, 0.717) is 10.8 Å². The fourth-order valence-corrected chi connectivity index (χ4v) is 0.830. The minimum atomic E-state index is 0.653. The van der Waals surface area contributed by atoms with E-state index in [9.17, 15) is 0 Å². The van der Waals surface area contributed by atoms with Crippen LogP contribution >= 0.6 is 11.6 Å². The maximum atomic E-state index is 5.69. The molecule has 0 aliphatic rings. The maximum Gasteiger partial charge on any atom is 0.133 e. The number of hydrogen-bond donors (Lipinski definition) is 0. The Morgan fingerprint density at radius 2 is 2.36 bits per heavy atom. The van der Waals surface area contributed by atoms with Crippen LogP contribution in [-0.2, 0) is 0 Å². The van der Waals surface area contributed by atoms with Crippen molar-refractivity contribution in [2.75, 3.05) is 0 Å². The molecule has 2 heteroatoms. The van der Waals surface area contributed by atoms with Crippen molar-refractivity contribution in [3.05, 3.63) is 47.9 Å². The maximum absolute atomic E-state index is 5.69.